The molecule has 1 aliphatic heterocycles. The van der Waals surface area contributed by atoms with E-state index >= 15 is 0 Å². The van der Waals surface area contributed by atoms with Crippen LogP contribution in [0.4, 0.5) is 4.79 Å². The second kappa shape index (κ2) is 7.66. The third-order valence-electron chi connectivity index (χ3n) is 3.76. The van der Waals surface area contributed by atoms with Crippen LogP contribution in [-0.2, 0) is 20.9 Å². The van der Waals surface area contributed by atoms with Gasteiger partial charge in [0.25, 0.3) is 0 Å². The van der Waals surface area contributed by atoms with Crippen LogP contribution < -0.4 is 0 Å². The second-order valence-electron chi connectivity index (χ2n) is 6.93. The van der Waals surface area contributed by atoms with Gasteiger partial charge in [-0.1, -0.05) is 30.3 Å². The molecule has 1 fully saturated rings. The minimum atomic E-state index is -1.07. The van der Waals surface area contributed by atoms with Crippen molar-refractivity contribution in [1.29, 1.82) is 0 Å². The summed E-state index contributed by atoms with van der Waals surface area (Å²) in [5, 5.41) is 9.59. The van der Waals surface area contributed by atoms with Crippen LogP contribution in [0.2, 0.25) is 0 Å². The summed E-state index contributed by atoms with van der Waals surface area (Å²) in [7, 11) is 0. The Kier molecular flexibility index (Phi) is 5.83. The molecule has 24 heavy (non-hydrogen) atoms. The maximum absolute atomic E-state index is 12.3. The first-order chi connectivity index (χ1) is 11.3. The van der Waals surface area contributed by atoms with Crippen LogP contribution in [0.25, 0.3) is 0 Å². The molecule has 2 rings (SSSR count). The monoisotopic (exact) mass is 335 g/mol. The third kappa shape index (κ3) is 4.96. The van der Waals surface area contributed by atoms with E-state index in [9.17, 15) is 14.7 Å². The van der Waals surface area contributed by atoms with Gasteiger partial charge in [0.1, 0.15) is 5.60 Å². The van der Waals surface area contributed by atoms with Crippen molar-refractivity contribution in [2.75, 3.05) is 6.54 Å². The fraction of sp³-hybridized carbons (Fsp3) is 0.556. The Morgan fingerprint density at radius 3 is 2.50 bits per heavy atom. The maximum Gasteiger partial charge on any atom is 0.411 e. The van der Waals surface area contributed by atoms with Gasteiger partial charge in [0.05, 0.1) is 12.7 Å². The lowest BCUT2D eigenvalue weighted by Crippen LogP contribution is -2.56. The lowest BCUT2D eigenvalue weighted by atomic mass is 9.99. The number of rotatable bonds is 4. The summed E-state index contributed by atoms with van der Waals surface area (Å²) in [6.07, 6.45) is 0.123. The number of carboxylic acids is 1. The van der Waals surface area contributed by atoms with Crippen LogP contribution in [0.3, 0.4) is 0 Å². The van der Waals surface area contributed by atoms with E-state index in [-0.39, 0.29) is 0 Å². The second-order valence-corrected chi connectivity index (χ2v) is 6.93. The molecule has 1 N–H and O–H groups in total. The van der Waals surface area contributed by atoms with Gasteiger partial charge in [0.2, 0.25) is 0 Å². The van der Waals surface area contributed by atoms with E-state index < -0.39 is 29.8 Å². The molecule has 1 aromatic carbocycles. The predicted molar refractivity (Wildman–Crippen MR) is 88.6 cm³/mol. The number of ether oxygens (including phenoxy) is 2. The highest BCUT2D eigenvalue weighted by molar-refractivity contribution is 5.81. The van der Waals surface area contributed by atoms with E-state index in [1.54, 1.807) is 20.8 Å². The average Bonchev–Trinajstić information content (AvgIpc) is 2.51. The summed E-state index contributed by atoms with van der Waals surface area (Å²) in [6.45, 7) is 5.95. The van der Waals surface area contributed by atoms with Crippen molar-refractivity contribution in [3.63, 3.8) is 0 Å². The van der Waals surface area contributed by atoms with E-state index in [0.29, 0.717) is 26.0 Å². The zero-order valence-corrected chi connectivity index (χ0v) is 14.4. The number of aliphatic carboxylic acids is 1. The molecule has 2 atom stereocenters. The summed E-state index contributed by atoms with van der Waals surface area (Å²) in [5.74, 6) is -1.07. The van der Waals surface area contributed by atoms with Gasteiger partial charge in [-0.15, -0.1) is 0 Å². The number of amides is 1. The quantitative estimate of drug-likeness (QED) is 0.915. The molecule has 0 aliphatic carbocycles. The first-order valence-corrected chi connectivity index (χ1v) is 8.16. The normalized spacial score (nSPS) is 21.4. The Morgan fingerprint density at radius 1 is 1.25 bits per heavy atom. The molecule has 0 bridgehead atoms. The number of likely N-dealkylation sites (tertiary alicyclic amines) is 1. The topological polar surface area (TPSA) is 76.1 Å². The van der Waals surface area contributed by atoms with Crippen LogP contribution in [0.1, 0.15) is 39.2 Å². The van der Waals surface area contributed by atoms with E-state index in [0.717, 1.165) is 5.56 Å². The van der Waals surface area contributed by atoms with E-state index in [1.807, 2.05) is 30.3 Å². The number of nitrogens with zero attached hydrogens (tertiary/aromatic N) is 1. The van der Waals surface area contributed by atoms with Crippen molar-refractivity contribution >= 4 is 12.1 Å². The molecular weight excluding hydrogens is 310 g/mol. The highest BCUT2D eigenvalue weighted by Crippen LogP contribution is 2.24. The molecule has 1 heterocycles. The van der Waals surface area contributed by atoms with Gasteiger partial charge in [0, 0.05) is 6.54 Å². The van der Waals surface area contributed by atoms with Crippen LogP contribution in [0.15, 0.2) is 30.3 Å². The summed E-state index contributed by atoms with van der Waals surface area (Å²) in [5.41, 5.74) is 0.300. The molecule has 0 aromatic heterocycles. The minimum Gasteiger partial charge on any atom is -0.480 e. The molecule has 1 aliphatic rings. The highest BCUT2D eigenvalue weighted by Gasteiger charge is 2.41. The fourth-order valence-corrected chi connectivity index (χ4v) is 2.73. The predicted octanol–water partition coefficient (Wildman–Crippen LogP) is 3.06. The van der Waals surface area contributed by atoms with Crippen LogP contribution in [0, 0.1) is 0 Å². The molecule has 0 spiro atoms. The van der Waals surface area contributed by atoms with Crippen LogP contribution in [-0.4, -0.2) is 46.4 Å². The molecule has 1 saturated heterocycles. The van der Waals surface area contributed by atoms with Gasteiger partial charge in [-0.3, -0.25) is 4.90 Å². The molecule has 132 valence electrons. The van der Waals surface area contributed by atoms with Crippen LogP contribution in [0.5, 0.6) is 0 Å². The largest absolute Gasteiger partial charge is 0.480 e. The van der Waals surface area contributed by atoms with Gasteiger partial charge in [-0.05, 0) is 39.2 Å². The van der Waals surface area contributed by atoms with Gasteiger partial charge in [-0.25, -0.2) is 9.59 Å². The molecule has 0 saturated carbocycles. The average molecular weight is 335 g/mol. The lowest BCUT2D eigenvalue weighted by molar-refractivity contribution is -0.153. The molecule has 6 heteroatoms. The van der Waals surface area contributed by atoms with E-state index in [1.165, 1.54) is 4.90 Å². The van der Waals surface area contributed by atoms with Crippen molar-refractivity contribution in [3.05, 3.63) is 35.9 Å². The summed E-state index contributed by atoms with van der Waals surface area (Å²) in [4.78, 5) is 25.3. The Morgan fingerprint density at radius 2 is 1.92 bits per heavy atom. The number of piperidine rings is 1. The number of carbonyl (C=O) groups excluding carboxylic acids is 1. The Hall–Kier alpha value is -2.08. The first kappa shape index (κ1) is 18.3. The zero-order chi connectivity index (χ0) is 17.7. The Bertz CT molecular complexity index is 567. The Balaban J connectivity index is 2.07. The van der Waals surface area contributed by atoms with Gasteiger partial charge < -0.3 is 14.6 Å². The fourth-order valence-electron chi connectivity index (χ4n) is 2.73. The first-order valence-electron chi connectivity index (χ1n) is 8.16. The smallest absolute Gasteiger partial charge is 0.411 e. The van der Waals surface area contributed by atoms with Gasteiger partial charge in [-0.2, -0.15) is 0 Å². The number of hydrogen-bond donors (Lipinski definition) is 1. The summed E-state index contributed by atoms with van der Waals surface area (Å²) < 4.78 is 11.2. The van der Waals surface area contributed by atoms with Crippen molar-refractivity contribution < 1.29 is 24.2 Å². The van der Waals surface area contributed by atoms with Crippen molar-refractivity contribution in [1.82, 2.24) is 4.90 Å². The lowest BCUT2D eigenvalue weighted by Gasteiger charge is -2.39. The van der Waals surface area contributed by atoms with Crippen LogP contribution >= 0.6 is 0 Å². The maximum atomic E-state index is 12.3. The van der Waals surface area contributed by atoms with Gasteiger partial charge >= 0.3 is 12.1 Å². The molecule has 0 radical (unpaired) electrons. The SMILES string of the molecule is CC(C)(C)OC(=O)N1CCC[C@@H](OCc2ccccc2)[C@@H]1C(=O)O. The third-order valence-corrected chi connectivity index (χ3v) is 3.76. The molecular formula is C18H25NO5. The number of benzene rings is 1. The Labute approximate surface area is 142 Å². The standard InChI is InChI=1S/C18H25NO5/c1-18(2,3)24-17(22)19-11-7-10-14(15(19)16(20)21)23-12-13-8-5-4-6-9-13/h4-6,8-9,14-15H,7,10-12H2,1-3H3,(H,20,21)/t14-,15-/m1/s1. The summed E-state index contributed by atoms with van der Waals surface area (Å²) >= 11 is 0. The summed E-state index contributed by atoms with van der Waals surface area (Å²) in [6, 6.07) is 8.53. The zero-order valence-electron chi connectivity index (χ0n) is 14.4. The van der Waals surface area contributed by atoms with Crippen molar-refractivity contribution in [2.24, 2.45) is 0 Å². The minimum absolute atomic E-state index is 0.317. The number of hydrogen-bond acceptors (Lipinski definition) is 4. The number of carbonyl (C=O) groups is 2. The van der Waals surface area contributed by atoms with E-state index in [2.05, 4.69) is 0 Å². The molecule has 1 aromatic rings. The molecule has 6 nitrogen and oxygen atoms in total. The van der Waals surface area contributed by atoms with Crippen molar-refractivity contribution in [3.8, 4) is 0 Å². The molecule has 1 amide bonds. The highest BCUT2D eigenvalue weighted by atomic mass is 16.6. The van der Waals surface area contributed by atoms with Gasteiger partial charge in [0.15, 0.2) is 6.04 Å². The number of carboxylic acid groups (broad SMARTS) is 1. The molecule has 0 unspecified atom stereocenters. The van der Waals surface area contributed by atoms with E-state index in [4.69, 9.17) is 9.47 Å². The van der Waals surface area contributed by atoms with Crippen molar-refractivity contribution in [2.45, 2.75) is 58.0 Å².